The highest BCUT2D eigenvalue weighted by Crippen LogP contribution is 2.21. The van der Waals surface area contributed by atoms with Gasteiger partial charge in [0.15, 0.2) is 0 Å². The van der Waals surface area contributed by atoms with Crippen LogP contribution in [0.15, 0.2) is 24.3 Å². The maximum Gasteiger partial charge on any atom is 0.321 e. The molecule has 0 bridgehead atoms. The summed E-state index contributed by atoms with van der Waals surface area (Å²) in [5.74, 6) is 0.544. The lowest BCUT2D eigenvalue weighted by atomic mass is 9.94. The van der Waals surface area contributed by atoms with Crippen molar-refractivity contribution in [3.8, 4) is 0 Å². The van der Waals surface area contributed by atoms with Crippen LogP contribution in [0, 0.1) is 5.92 Å². The second-order valence-corrected chi connectivity index (χ2v) is 6.10. The number of carbonyl (C=O) groups is 2. The van der Waals surface area contributed by atoms with Gasteiger partial charge in [-0.15, -0.1) is 0 Å². The number of halogens is 1. The van der Waals surface area contributed by atoms with Gasteiger partial charge in [-0.1, -0.05) is 17.7 Å². The van der Waals surface area contributed by atoms with E-state index in [1.54, 1.807) is 19.2 Å². The van der Waals surface area contributed by atoms with Gasteiger partial charge in [-0.2, -0.15) is 0 Å². The molecular weight excluding hydrogens is 316 g/mol. The van der Waals surface area contributed by atoms with Gasteiger partial charge >= 0.3 is 12.1 Å². The Morgan fingerprint density at radius 2 is 2.04 bits per heavy atom. The number of rotatable bonds is 4. The van der Waals surface area contributed by atoms with E-state index in [2.05, 4.69) is 16.0 Å². The molecule has 0 saturated carbocycles. The average molecular weight is 339 g/mol. The van der Waals surface area contributed by atoms with Crippen LogP contribution in [-0.2, 0) is 0 Å². The van der Waals surface area contributed by atoms with Gasteiger partial charge in [0.1, 0.15) is 0 Å². The number of benzene rings is 1. The van der Waals surface area contributed by atoms with Gasteiger partial charge in [-0.05, 0) is 43.4 Å². The predicted octanol–water partition coefficient (Wildman–Crippen LogP) is 2.90. The first-order valence-corrected chi connectivity index (χ1v) is 8.23. The Balaban J connectivity index is 1.71. The third kappa shape index (κ3) is 5.63. The van der Waals surface area contributed by atoms with Gasteiger partial charge in [-0.3, -0.25) is 0 Å². The Morgan fingerprint density at radius 3 is 2.70 bits per heavy atom. The number of amides is 4. The monoisotopic (exact) mass is 338 g/mol. The molecule has 1 aliphatic rings. The highest BCUT2D eigenvalue weighted by Gasteiger charge is 2.22. The van der Waals surface area contributed by atoms with Crippen molar-refractivity contribution in [2.75, 3.05) is 32.0 Å². The van der Waals surface area contributed by atoms with Crippen molar-refractivity contribution in [3.05, 3.63) is 29.3 Å². The van der Waals surface area contributed by atoms with E-state index in [9.17, 15) is 9.59 Å². The van der Waals surface area contributed by atoms with E-state index in [4.69, 9.17) is 11.6 Å². The maximum atomic E-state index is 12.2. The Morgan fingerprint density at radius 1 is 1.30 bits per heavy atom. The highest BCUT2D eigenvalue weighted by molar-refractivity contribution is 6.30. The molecule has 1 aromatic carbocycles. The lowest BCUT2D eigenvalue weighted by Gasteiger charge is -2.32. The van der Waals surface area contributed by atoms with Gasteiger partial charge in [0.2, 0.25) is 0 Å². The van der Waals surface area contributed by atoms with Crippen LogP contribution in [0.3, 0.4) is 0 Å². The first-order valence-electron chi connectivity index (χ1n) is 7.85. The first kappa shape index (κ1) is 17.4. The number of likely N-dealkylation sites (tertiary alicyclic amines) is 1. The lowest BCUT2D eigenvalue weighted by molar-refractivity contribution is 0.180. The number of nitrogens with zero attached hydrogens (tertiary/aromatic N) is 1. The molecule has 0 radical (unpaired) electrons. The molecule has 0 atom stereocenters. The van der Waals surface area contributed by atoms with Crippen LogP contribution in [0.4, 0.5) is 15.3 Å². The third-order valence-electron chi connectivity index (χ3n) is 4.04. The molecule has 1 aliphatic heterocycles. The summed E-state index contributed by atoms with van der Waals surface area (Å²) in [6.07, 6.45) is 2.86. The van der Waals surface area contributed by atoms with E-state index in [1.807, 2.05) is 17.0 Å². The number of hydrogen-bond acceptors (Lipinski definition) is 2. The molecule has 0 aromatic heterocycles. The molecule has 6 nitrogen and oxygen atoms in total. The van der Waals surface area contributed by atoms with Crippen molar-refractivity contribution in [2.45, 2.75) is 19.3 Å². The maximum absolute atomic E-state index is 12.2. The zero-order valence-corrected chi connectivity index (χ0v) is 14.0. The van der Waals surface area contributed by atoms with Crippen LogP contribution in [0.2, 0.25) is 5.02 Å². The summed E-state index contributed by atoms with van der Waals surface area (Å²) in [6.45, 7) is 2.13. The average Bonchev–Trinajstić information content (AvgIpc) is 2.55. The normalized spacial score (nSPS) is 15.1. The molecule has 0 aliphatic carbocycles. The Kier molecular flexibility index (Phi) is 6.52. The quantitative estimate of drug-likeness (QED) is 0.789. The van der Waals surface area contributed by atoms with Crippen LogP contribution in [0.25, 0.3) is 0 Å². The van der Waals surface area contributed by atoms with Crippen molar-refractivity contribution in [3.63, 3.8) is 0 Å². The van der Waals surface area contributed by atoms with Gasteiger partial charge in [0.05, 0.1) is 0 Å². The smallest absolute Gasteiger partial charge is 0.321 e. The fourth-order valence-electron chi connectivity index (χ4n) is 2.67. The minimum Gasteiger partial charge on any atom is -0.341 e. The summed E-state index contributed by atoms with van der Waals surface area (Å²) in [7, 11) is 1.60. The Labute approximate surface area is 141 Å². The number of hydrogen-bond donors (Lipinski definition) is 3. The number of piperidine rings is 1. The molecule has 7 heteroatoms. The second-order valence-electron chi connectivity index (χ2n) is 5.67. The topological polar surface area (TPSA) is 73.5 Å². The molecule has 23 heavy (non-hydrogen) atoms. The van der Waals surface area contributed by atoms with Crippen molar-refractivity contribution >= 4 is 29.4 Å². The molecule has 3 N–H and O–H groups in total. The minimum atomic E-state index is -0.150. The van der Waals surface area contributed by atoms with Crippen LogP contribution in [0.1, 0.15) is 19.3 Å². The Bertz CT molecular complexity index is 545. The van der Waals surface area contributed by atoms with E-state index in [-0.39, 0.29) is 12.1 Å². The van der Waals surface area contributed by atoms with Crippen LogP contribution in [-0.4, -0.2) is 43.6 Å². The van der Waals surface area contributed by atoms with Crippen molar-refractivity contribution in [1.29, 1.82) is 0 Å². The number of carbonyl (C=O) groups excluding carboxylic acids is 2. The van der Waals surface area contributed by atoms with Gasteiger partial charge in [-0.25, -0.2) is 9.59 Å². The van der Waals surface area contributed by atoms with E-state index in [0.29, 0.717) is 23.2 Å². The number of nitrogens with one attached hydrogen (secondary N) is 3. The summed E-state index contributed by atoms with van der Waals surface area (Å²) >= 11 is 5.92. The van der Waals surface area contributed by atoms with Crippen LogP contribution in [0.5, 0.6) is 0 Å². The summed E-state index contributed by atoms with van der Waals surface area (Å²) in [5.41, 5.74) is 0.708. The van der Waals surface area contributed by atoms with Gasteiger partial charge in [0, 0.05) is 37.4 Å². The standard InChI is InChI=1S/C16H23ClN4O2/c1-18-15(22)19-8-5-12-6-9-21(10-7-12)16(23)20-14-4-2-3-13(17)11-14/h2-4,11-12H,5-10H2,1H3,(H,20,23)(H2,18,19,22). The van der Waals surface area contributed by atoms with E-state index in [0.717, 1.165) is 32.4 Å². The van der Waals surface area contributed by atoms with Crippen molar-refractivity contribution < 1.29 is 9.59 Å². The van der Waals surface area contributed by atoms with Crippen molar-refractivity contribution in [2.24, 2.45) is 5.92 Å². The van der Waals surface area contributed by atoms with Crippen LogP contribution >= 0.6 is 11.6 Å². The molecular formula is C16H23ClN4O2. The molecule has 0 spiro atoms. The SMILES string of the molecule is CNC(=O)NCCC1CCN(C(=O)Nc2cccc(Cl)c2)CC1. The van der Waals surface area contributed by atoms with Crippen LogP contribution < -0.4 is 16.0 Å². The van der Waals surface area contributed by atoms with E-state index >= 15 is 0 Å². The molecule has 0 unspecified atom stereocenters. The Hall–Kier alpha value is -1.95. The van der Waals surface area contributed by atoms with E-state index in [1.165, 1.54) is 0 Å². The molecule has 126 valence electrons. The fourth-order valence-corrected chi connectivity index (χ4v) is 2.86. The molecule has 1 saturated heterocycles. The van der Waals surface area contributed by atoms with Crippen molar-refractivity contribution in [1.82, 2.24) is 15.5 Å². The zero-order valence-electron chi connectivity index (χ0n) is 13.3. The first-order chi connectivity index (χ1) is 11.1. The number of anilines is 1. The summed E-state index contributed by atoms with van der Waals surface area (Å²) in [6, 6.07) is 6.90. The van der Waals surface area contributed by atoms with E-state index < -0.39 is 0 Å². The predicted molar refractivity (Wildman–Crippen MR) is 91.8 cm³/mol. The fraction of sp³-hybridized carbons (Fsp3) is 0.500. The molecule has 1 aromatic rings. The van der Waals surface area contributed by atoms with Gasteiger partial charge < -0.3 is 20.9 Å². The van der Waals surface area contributed by atoms with Gasteiger partial charge in [0.25, 0.3) is 0 Å². The summed E-state index contributed by atoms with van der Waals surface area (Å²) < 4.78 is 0. The molecule has 2 rings (SSSR count). The number of urea groups is 2. The zero-order chi connectivity index (χ0) is 16.7. The second kappa shape index (κ2) is 8.62. The largest absolute Gasteiger partial charge is 0.341 e. The highest BCUT2D eigenvalue weighted by atomic mass is 35.5. The summed E-state index contributed by atoms with van der Waals surface area (Å²) in [5, 5.41) is 8.80. The molecule has 1 heterocycles. The third-order valence-corrected chi connectivity index (χ3v) is 4.28. The minimum absolute atomic E-state index is 0.0887. The molecule has 1 fully saturated rings. The molecule has 4 amide bonds. The summed E-state index contributed by atoms with van der Waals surface area (Å²) in [4.78, 5) is 25.2. The lowest BCUT2D eigenvalue weighted by Crippen LogP contribution is -2.41.